The molecule has 0 bridgehead atoms. The Balaban J connectivity index is 2.27. The molecule has 0 radical (unpaired) electrons. The van der Waals surface area contributed by atoms with Crippen molar-refractivity contribution < 1.29 is 27.4 Å². The van der Waals surface area contributed by atoms with Gasteiger partial charge in [0.1, 0.15) is 19.0 Å². The van der Waals surface area contributed by atoms with E-state index in [4.69, 9.17) is 4.74 Å². The van der Waals surface area contributed by atoms with Crippen LogP contribution in [0.4, 0.5) is 13.2 Å². The number of aromatic nitrogens is 1. The van der Waals surface area contributed by atoms with Crippen molar-refractivity contribution in [2.45, 2.75) is 6.18 Å². The zero-order valence-electron chi connectivity index (χ0n) is 11.5. The first-order valence-electron chi connectivity index (χ1n) is 6.13. The minimum absolute atomic E-state index is 0.284. The quantitative estimate of drug-likeness (QED) is 0.797. The van der Waals surface area contributed by atoms with Crippen molar-refractivity contribution in [3.63, 3.8) is 0 Å². The average Bonchev–Trinajstić information content (AvgIpc) is 2.75. The summed E-state index contributed by atoms with van der Waals surface area (Å²) in [5, 5.41) is 0.572. The van der Waals surface area contributed by atoms with Crippen LogP contribution in [-0.4, -0.2) is 36.9 Å². The van der Waals surface area contributed by atoms with E-state index >= 15 is 0 Å². The van der Waals surface area contributed by atoms with E-state index in [1.54, 1.807) is 36.0 Å². The van der Waals surface area contributed by atoms with Crippen LogP contribution in [-0.2, 0) is 11.8 Å². The van der Waals surface area contributed by atoms with Crippen LogP contribution >= 0.6 is 0 Å². The lowest BCUT2D eigenvalue weighted by Gasteiger charge is -2.07. The molecule has 0 amide bonds. The molecule has 1 heterocycles. The Morgan fingerprint density at radius 2 is 2.05 bits per heavy atom. The van der Waals surface area contributed by atoms with Gasteiger partial charge in [0.2, 0.25) is 0 Å². The first-order chi connectivity index (χ1) is 9.83. The number of nitrogens with zero attached hydrogens (tertiary/aromatic N) is 1. The number of hydrogen-bond acceptors (Lipinski definition) is 3. The minimum Gasteiger partial charge on any atom is -0.496 e. The number of alkyl halides is 3. The van der Waals surface area contributed by atoms with Crippen molar-refractivity contribution in [3.05, 3.63) is 30.0 Å². The number of halogens is 3. The van der Waals surface area contributed by atoms with E-state index in [-0.39, 0.29) is 5.56 Å². The molecule has 4 nitrogen and oxygen atoms in total. The lowest BCUT2D eigenvalue weighted by atomic mass is 10.1. The Kier molecular flexibility index (Phi) is 4.22. The van der Waals surface area contributed by atoms with E-state index in [0.29, 0.717) is 11.1 Å². The number of methoxy groups -OCH3 is 1. The number of hydrogen-bond donors (Lipinski definition) is 0. The first-order valence-corrected chi connectivity index (χ1v) is 6.13. The summed E-state index contributed by atoms with van der Waals surface area (Å²) in [6.45, 7) is -2.07. The summed E-state index contributed by atoms with van der Waals surface area (Å²) in [7, 11) is 3.21. The second-order valence-corrected chi connectivity index (χ2v) is 4.54. The van der Waals surface area contributed by atoms with Gasteiger partial charge in [0.25, 0.3) is 0 Å². The third-order valence-corrected chi connectivity index (χ3v) is 3.00. The lowest BCUT2D eigenvalue weighted by Crippen LogP contribution is -2.20. The Labute approximate surface area is 119 Å². The second-order valence-electron chi connectivity index (χ2n) is 4.54. The molecule has 0 fully saturated rings. The molecule has 0 aliphatic rings. The maximum Gasteiger partial charge on any atom is 0.411 e. The van der Waals surface area contributed by atoms with Crippen molar-refractivity contribution in [2.75, 3.05) is 20.3 Å². The summed E-state index contributed by atoms with van der Waals surface area (Å²) in [6, 6.07) is 5.26. The highest BCUT2D eigenvalue weighted by Gasteiger charge is 2.28. The molecule has 0 spiro atoms. The van der Waals surface area contributed by atoms with Crippen molar-refractivity contribution in [3.8, 4) is 5.75 Å². The predicted molar refractivity (Wildman–Crippen MR) is 70.7 cm³/mol. The van der Waals surface area contributed by atoms with Crippen LogP contribution in [0.25, 0.3) is 10.9 Å². The summed E-state index contributed by atoms with van der Waals surface area (Å²) in [4.78, 5) is 12.1. The topological polar surface area (TPSA) is 40.5 Å². The number of ether oxygens (including phenoxy) is 2. The van der Waals surface area contributed by atoms with E-state index in [1.807, 2.05) is 0 Å². The van der Waals surface area contributed by atoms with Gasteiger partial charge in [0, 0.05) is 18.8 Å². The van der Waals surface area contributed by atoms with Gasteiger partial charge < -0.3 is 14.0 Å². The molecule has 2 rings (SSSR count). The highest BCUT2D eigenvalue weighted by atomic mass is 19.4. The molecule has 0 unspecified atom stereocenters. The molecule has 0 aliphatic heterocycles. The number of aryl methyl sites for hydroxylation is 1. The molecule has 0 saturated heterocycles. The van der Waals surface area contributed by atoms with Crippen molar-refractivity contribution in [2.24, 2.45) is 7.05 Å². The number of rotatable bonds is 5. The van der Waals surface area contributed by atoms with E-state index < -0.39 is 25.2 Å². The normalized spacial score (nSPS) is 11.9. The van der Waals surface area contributed by atoms with Gasteiger partial charge in [-0.3, -0.25) is 4.79 Å². The maximum absolute atomic E-state index is 12.1. The highest BCUT2D eigenvalue weighted by molar-refractivity contribution is 6.10. The van der Waals surface area contributed by atoms with Crippen LogP contribution in [0, 0.1) is 0 Å². The van der Waals surface area contributed by atoms with Gasteiger partial charge in [-0.25, -0.2) is 0 Å². The number of fused-ring (bicyclic) bond motifs is 1. The van der Waals surface area contributed by atoms with Gasteiger partial charge in [-0.1, -0.05) is 6.07 Å². The van der Waals surface area contributed by atoms with Crippen LogP contribution in [0.5, 0.6) is 5.75 Å². The number of benzene rings is 1. The Morgan fingerprint density at radius 1 is 1.33 bits per heavy atom. The van der Waals surface area contributed by atoms with Gasteiger partial charge in [0.15, 0.2) is 5.78 Å². The van der Waals surface area contributed by atoms with Crippen molar-refractivity contribution in [1.29, 1.82) is 0 Å². The smallest absolute Gasteiger partial charge is 0.411 e. The molecule has 0 saturated carbocycles. The largest absolute Gasteiger partial charge is 0.496 e. The van der Waals surface area contributed by atoms with Crippen LogP contribution in [0.1, 0.15) is 10.4 Å². The molecule has 7 heteroatoms. The monoisotopic (exact) mass is 301 g/mol. The third kappa shape index (κ3) is 3.36. The fraction of sp³-hybridized carbons (Fsp3) is 0.357. The van der Waals surface area contributed by atoms with E-state index in [1.165, 1.54) is 7.11 Å². The van der Waals surface area contributed by atoms with Gasteiger partial charge >= 0.3 is 6.18 Å². The molecular weight excluding hydrogens is 287 g/mol. The molecule has 0 N–H and O–H groups in total. The second kappa shape index (κ2) is 5.77. The zero-order chi connectivity index (χ0) is 15.6. The molecule has 1 aromatic heterocycles. The van der Waals surface area contributed by atoms with E-state index in [0.717, 1.165) is 5.52 Å². The van der Waals surface area contributed by atoms with E-state index in [2.05, 4.69) is 4.74 Å². The fourth-order valence-corrected chi connectivity index (χ4v) is 2.13. The number of carbonyl (C=O) groups excluding carboxylic acids is 1. The standard InChI is InChI=1S/C14H14F3NO3/c1-18-6-9(11(19)7-21-8-14(15,16)17)13-10(18)4-3-5-12(13)20-2/h3-6H,7-8H2,1-2H3. The molecule has 0 aliphatic carbocycles. The van der Waals surface area contributed by atoms with Crippen molar-refractivity contribution in [1.82, 2.24) is 4.57 Å². The fourth-order valence-electron chi connectivity index (χ4n) is 2.13. The van der Waals surface area contributed by atoms with Crippen LogP contribution in [0.2, 0.25) is 0 Å². The molecule has 114 valence electrons. The summed E-state index contributed by atoms with van der Waals surface area (Å²) in [6.07, 6.45) is -2.89. The average molecular weight is 301 g/mol. The van der Waals surface area contributed by atoms with Gasteiger partial charge in [-0.2, -0.15) is 13.2 Å². The molecule has 2 aromatic rings. The molecular formula is C14H14F3NO3. The zero-order valence-corrected chi connectivity index (χ0v) is 11.5. The van der Waals surface area contributed by atoms with Crippen LogP contribution in [0.15, 0.2) is 24.4 Å². The highest BCUT2D eigenvalue weighted by Crippen LogP contribution is 2.30. The maximum atomic E-state index is 12.1. The molecule has 21 heavy (non-hydrogen) atoms. The SMILES string of the molecule is COc1cccc2c1c(C(=O)COCC(F)(F)F)cn2C. The Bertz CT molecular complexity index is 661. The van der Waals surface area contributed by atoms with Crippen LogP contribution in [0.3, 0.4) is 0 Å². The third-order valence-electron chi connectivity index (χ3n) is 3.00. The van der Waals surface area contributed by atoms with Gasteiger partial charge in [-0.15, -0.1) is 0 Å². The molecule has 0 atom stereocenters. The Morgan fingerprint density at radius 3 is 2.67 bits per heavy atom. The lowest BCUT2D eigenvalue weighted by molar-refractivity contribution is -0.170. The minimum atomic E-state index is -4.45. The number of Topliss-reactive ketones (excluding diaryl/α,β-unsaturated/α-hetero) is 1. The first kappa shape index (κ1) is 15.4. The Hall–Kier alpha value is -2.02. The predicted octanol–water partition coefficient (Wildman–Crippen LogP) is 2.95. The summed E-state index contributed by atoms with van der Waals surface area (Å²) >= 11 is 0. The number of carbonyl (C=O) groups is 1. The van der Waals surface area contributed by atoms with E-state index in [9.17, 15) is 18.0 Å². The summed E-state index contributed by atoms with van der Waals surface area (Å²) < 4.78 is 47.4. The van der Waals surface area contributed by atoms with Crippen molar-refractivity contribution >= 4 is 16.7 Å². The summed E-state index contributed by atoms with van der Waals surface area (Å²) in [5.74, 6) is -0.0263. The number of ketones is 1. The van der Waals surface area contributed by atoms with Crippen LogP contribution < -0.4 is 4.74 Å². The van der Waals surface area contributed by atoms with Gasteiger partial charge in [-0.05, 0) is 12.1 Å². The summed E-state index contributed by atoms with van der Waals surface area (Å²) in [5.41, 5.74) is 1.04. The molecule has 1 aromatic carbocycles. The van der Waals surface area contributed by atoms with Gasteiger partial charge in [0.05, 0.1) is 18.0 Å².